The Balaban J connectivity index is 2.34. The minimum absolute atomic E-state index is 0.225. The molecule has 2 N–H and O–H groups in total. The van der Waals surface area contributed by atoms with Crippen LogP contribution in [0, 0.1) is 5.92 Å². The van der Waals surface area contributed by atoms with Crippen LogP contribution in [-0.2, 0) is 14.8 Å². The standard InChI is InChI=1S/C22H28ClN3O4S/c1-5-20(26(31(4,29)30)17-12-10-16(23)11-13-17)22(28)25-19-9-7-6-8-18(19)21(27)24-14-15(2)3/h6-13,15,20H,5,14H2,1-4H3,(H,24,27)(H,25,28)/t20-/m0/s1. The predicted octanol–water partition coefficient (Wildman–Crippen LogP) is 3.91. The second-order valence-corrected chi connectivity index (χ2v) is 9.89. The maximum atomic E-state index is 13.1. The molecule has 7 nitrogen and oxygen atoms in total. The van der Waals surface area contributed by atoms with E-state index >= 15 is 0 Å². The van der Waals surface area contributed by atoms with Gasteiger partial charge in [-0.2, -0.15) is 0 Å². The van der Waals surface area contributed by atoms with E-state index in [1.807, 2.05) is 13.8 Å². The van der Waals surface area contributed by atoms with Crippen molar-refractivity contribution in [2.24, 2.45) is 5.92 Å². The molecule has 2 aromatic rings. The monoisotopic (exact) mass is 465 g/mol. The Labute approximate surface area is 188 Å². The van der Waals surface area contributed by atoms with E-state index in [4.69, 9.17) is 11.6 Å². The fourth-order valence-corrected chi connectivity index (χ4v) is 4.38. The van der Waals surface area contributed by atoms with Crippen LogP contribution in [0.15, 0.2) is 48.5 Å². The van der Waals surface area contributed by atoms with E-state index in [1.165, 1.54) is 0 Å². The number of benzene rings is 2. The number of nitrogens with one attached hydrogen (secondary N) is 2. The lowest BCUT2D eigenvalue weighted by Crippen LogP contribution is -2.47. The van der Waals surface area contributed by atoms with Gasteiger partial charge in [0.15, 0.2) is 0 Å². The second-order valence-electron chi connectivity index (χ2n) is 7.60. The lowest BCUT2D eigenvalue weighted by atomic mass is 10.1. The summed E-state index contributed by atoms with van der Waals surface area (Å²) >= 11 is 5.92. The molecule has 0 aliphatic heterocycles. The molecule has 0 unspecified atom stereocenters. The molecule has 0 aliphatic carbocycles. The zero-order chi connectivity index (χ0) is 23.2. The second kappa shape index (κ2) is 10.6. The van der Waals surface area contributed by atoms with Crippen LogP contribution < -0.4 is 14.9 Å². The summed E-state index contributed by atoms with van der Waals surface area (Å²) in [5.41, 5.74) is 0.956. The Morgan fingerprint density at radius 1 is 1.06 bits per heavy atom. The summed E-state index contributed by atoms with van der Waals surface area (Å²) in [6.45, 7) is 6.18. The molecule has 2 rings (SSSR count). The molecule has 0 saturated carbocycles. The van der Waals surface area contributed by atoms with E-state index < -0.39 is 22.0 Å². The van der Waals surface area contributed by atoms with E-state index in [0.29, 0.717) is 28.5 Å². The summed E-state index contributed by atoms with van der Waals surface area (Å²) in [5.74, 6) is -0.569. The number of nitrogens with zero attached hydrogens (tertiary/aromatic N) is 1. The maximum absolute atomic E-state index is 13.1. The van der Waals surface area contributed by atoms with Crippen molar-refractivity contribution in [2.45, 2.75) is 33.2 Å². The van der Waals surface area contributed by atoms with Gasteiger partial charge in [-0.05, 0) is 48.7 Å². The molecular weight excluding hydrogens is 438 g/mol. The number of rotatable bonds is 9. The average molecular weight is 466 g/mol. The van der Waals surface area contributed by atoms with Gasteiger partial charge in [0.2, 0.25) is 15.9 Å². The first-order chi connectivity index (χ1) is 14.5. The highest BCUT2D eigenvalue weighted by Crippen LogP contribution is 2.25. The normalized spacial score (nSPS) is 12.3. The molecule has 0 heterocycles. The average Bonchev–Trinajstić information content (AvgIpc) is 2.70. The number of anilines is 2. The molecule has 2 aromatic carbocycles. The summed E-state index contributed by atoms with van der Waals surface area (Å²) in [4.78, 5) is 25.7. The number of carbonyl (C=O) groups is 2. The molecule has 0 aromatic heterocycles. The highest BCUT2D eigenvalue weighted by atomic mass is 35.5. The third kappa shape index (κ3) is 6.70. The van der Waals surface area contributed by atoms with E-state index in [9.17, 15) is 18.0 Å². The molecule has 0 aliphatic rings. The maximum Gasteiger partial charge on any atom is 0.253 e. The summed E-state index contributed by atoms with van der Waals surface area (Å²) < 4.78 is 26.2. The highest BCUT2D eigenvalue weighted by Gasteiger charge is 2.32. The van der Waals surface area contributed by atoms with Crippen molar-refractivity contribution < 1.29 is 18.0 Å². The van der Waals surface area contributed by atoms with Gasteiger partial charge < -0.3 is 10.6 Å². The molecule has 31 heavy (non-hydrogen) atoms. The van der Waals surface area contributed by atoms with Gasteiger partial charge in [-0.25, -0.2) is 8.42 Å². The van der Waals surface area contributed by atoms with Crippen LogP contribution in [0.4, 0.5) is 11.4 Å². The Hall–Kier alpha value is -2.58. The van der Waals surface area contributed by atoms with Crippen molar-refractivity contribution in [3.8, 4) is 0 Å². The van der Waals surface area contributed by atoms with Crippen LogP contribution in [0.5, 0.6) is 0 Å². The third-order valence-electron chi connectivity index (χ3n) is 4.51. The van der Waals surface area contributed by atoms with Crippen LogP contribution in [0.2, 0.25) is 5.02 Å². The van der Waals surface area contributed by atoms with Gasteiger partial charge in [0.25, 0.3) is 5.91 Å². The van der Waals surface area contributed by atoms with Crippen LogP contribution in [-0.4, -0.2) is 39.1 Å². The Morgan fingerprint density at radius 3 is 2.23 bits per heavy atom. The molecule has 0 spiro atoms. The number of carbonyl (C=O) groups excluding carboxylic acids is 2. The largest absolute Gasteiger partial charge is 0.352 e. The van der Waals surface area contributed by atoms with Crippen molar-refractivity contribution in [3.05, 3.63) is 59.1 Å². The predicted molar refractivity (Wildman–Crippen MR) is 125 cm³/mol. The molecule has 0 radical (unpaired) electrons. The SMILES string of the molecule is CC[C@@H](C(=O)Nc1ccccc1C(=O)NCC(C)C)N(c1ccc(Cl)cc1)S(C)(=O)=O. The third-order valence-corrected chi connectivity index (χ3v) is 5.94. The minimum Gasteiger partial charge on any atom is -0.352 e. The van der Waals surface area contributed by atoms with Crippen molar-refractivity contribution >= 4 is 44.8 Å². The summed E-state index contributed by atoms with van der Waals surface area (Å²) in [7, 11) is -3.77. The van der Waals surface area contributed by atoms with E-state index in [1.54, 1.807) is 55.5 Å². The Kier molecular flexibility index (Phi) is 8.47. The van der Waals surface area contributed by atoms with Crippen LogP contribution in [0.1, 0.15) is 37.6 Å². The number of amides is 2. The van der Waals surface area contributed by atoms with Gasteiger partial charge in [0, 0.05) is 11.6 Å². The van der Waals surface area contributed by atoms with Crippen molar-refractivity contribution in [1.29, 1.82) is 0 Å². The highest BCUT2D eigenvalue weighted by molar-refractivity contribution is 7.92. The van der Waals surface area contributed by atoms with Gasteiger partial charge >= 0.3 is 0 Å². The summed E-state index contributed by atoms with van der Waals surface area (Å²) in [6, 6.07) is 11.8. The van der Waals surface area contributed by atoms with Crippen molar-refractivity contribution in [3.63, 3.8) is 0 Å². The topological polar surface area (TPSA) is 95.6 Å². The quantitative estimate of drug-likeness (QED) is 0.586. The molecule has 0 bridgehead atoms. The van der Waals surface area contributed by atoms with Gasteiger partial charge in [-0.15, -0.1) is 0 Å². The zero-order valence-electron chi connectivity index (χ0n) is 18.1. The number of para-hydroxylation sites is 1. The minimum atomic E-state index is -3.77. The zero-order valence-corrected chi connectivity index (χ0v) is 19.6. The fourth-order valence-electron chi connectivity index (χ4n) is 3.05. The van der Waals surface area contributed by atoms with Crippen LogP contribution in [0.25, 0.3) is 0 Å². The van der Waals surface area contributed by atoms with E-state index in [0.717, 1.165) is 10.6 Å². The summed E-state index contributed by atoms with van der Waals surface area (Å²) in [6.07, 6.45) is 1.27. The number of hydrogen-bond acceptors (Lipinski definition) is 4. The molecule has 0 fully saturated rings. The lowest BCUT2D eigenvalue weighted by Gasteiger charge is -2.30. The van der Waals surface area contributed by atoms with Crippen LogP contribution in [0.3, 0.4) is 0 Å². The van der Waals surface area contributed by atoms with Crippen LogP contribution >= 0.6 is 11.6 Å². The number of sulfonamides is 1. The molecule has 0 saturated heterocycles. The number of hydrogen-bond donors (Lipinski definition) is 2. The fraction of sp³-hybridized carbons (Fsp3) is 0.364. The molecule has 1 atom stereocenters. The molecule has 168 valence electrons. The first-order valence-corrected chi connectivity index (χ1v) is 12.2. The van der Waals surface area contributed by atoms with Crippen molar-refractivity contribution in [2.75, 3.05) is 22.4 Å². The first-order valence-electron chi connectivity index (χ1n) is 9.97. The Morgan fingerprint density at radius 2 is 1.68 bits per heavy atom. The molecular formula is C22H28ClN3O4S. The lowest BCUT2D eigenvalue weighted by molar-refractivity contribution is -0.117. The smallest absolute Gasteiger partial charge is 0.253 e. The Bertz CT molecular complexity index is 1020. The van der Waals surface area contributed by atoms with Crippen molar-refractivity contribution in [1.82, 2.24) is 5.32 Å². The van der Waals surface area contributed by atoms with Gasteiger partial charge in [-0.3, -0.25) is 13.9 Å². The van der Waals surface area contributed by atoms with Gasteiger partial charge in [-0.1, -0.05) is 44.5 Å². The van der Waals surface area contributed by atoms with E-state index in [-0.39, 0.29) is 18.2 Å². The number of halogens is 1. The van der Waals surface area contributed by atoms with Gasteiger partial charge in [0.05, 0.1) is 23.2 Å². The first kappa shape index (κ1) is 24.7. The molecule has 2 amide bonds. The summed E-state index contributed by atoms with van der Waals surface area (Å²) in [5, 5.41) is 6.01. The van der Waals surface area contributed by atoms with Gasteiger partial charge in [0.1, 0.15) is 6.04 Å². The molecule has 9 heteroatoms. The van der Waals surface area contributed by atoms with E-state index in [2.05, 4.69) is 10.6 Å².